The molecule has 0 saturated heterocycles. The number of guanidine groups is 1. The monoisotopic (exact) mass is 1160 g/mol. The quantitative estimate of drug-likeness (QED) is 0.0210. The fourth-order valence-corrected chi connectivity index (χ4v) is 8.23. The van der Waals surface area contributed by atoms with Crippen LogP contribution in [0.2, 0.25) is 0 Å². The minimum absolute atomic E-state index is 0.0253. The molecule has 462 valence electrons. The summed E-state index contributed by atoms with van der Waals surface area (Å²) in [6.07, 6.45) is -0.0962. The van der Waals surface area contributed by atoms with Gasteiger partial charge in [0.2, 0.25) is 53.2 Å². The summed E-state index contributed by atoms with van der Waals surface area (Å²) >= 11 is 0. The summed E-state index contributed by atoms with van der Waals surface area (Å²) in [5.41, 5.74) is 17.7. The maximum Gasteiger partial charge on any atom is 0.326 e. The van der Waals surface area contributed by atoms with Crippen LogP contribution in [0, 0.1) is 29.6 Å². The molecule has 18 N–H and O–H groups in total. The van der Waals surface area contributed by atoms with Crippen LogP contribution in [0.5, 0.6) is 0 Å². The van der Waals surface area contributed by atoms with Gasteiger partial charge >= 0.3 is 11.9 Å². The Morgan fingerprint density at radius 2 is 0.951 bits per heavy atom. The predicted molar refractivity (Wildman–Crippen MR) is 305 cm³/mol. The van der Waals surface area contributed by atoms with Gasteiger partial charge in [-0.25, -0.2) is 4.79 Å². The number of hydrogen-bond donors (Lipinski definition) is 15. The molecule has 0 spiro atoms. The van der Waals surface area contributed by atoms with Gasteiger partial charge in [-0.05, 0) is 74.2 Å². The molecule has 1 rings (SSSR count). The molecule has 0 fully saturated rings. The van der Waals surface area contributed by atoms with Gasteiger partial charge < -0.3 is 80.4 Å². The number of hydrogen-bond acceptors (Lipinski definition) is 14. The predicted octanol–water partition coefficient (Wildman–Crippen LogP) is -1.22. The number of benzene rings is 1. The second-order valence-corrected chi connectivity index (χ2v) is 22.0. The van der Waals surface area contributed by atoms with Crippen molar-refractivity contribution >= 4 is 71.1 Å². The number of nitrogens with one attached hydrogen (secondary N) is 9. The van der Waals surface area contributed by atoms with E-state index in [1.807, 2.05) is 6.92 Å². The van der Waals surface area contributed by atoms with E-state index in [9.17, 15) is 68.1 Å². The molecule has 9 amide bonds. The molecule has 12 atom stereocenters. The van der Waals surface area contributed by atoms with Gasteiger partial charge in [-0.2, -0.15) is 0 Å². The Morgan fingerprint density at radius 3 is 1.43 bits per heavy atom. The average molecular weight is 1160 g/mol. The first kappa shape index (κ1) is 72.6. The highest BCUT2D eigenvalue weighted by atomic mass is 16.4. The Labute approximate surface area is 480 Å². The minimum Gasteiger partial charge on any atom is -0.481 e. The van der Waals surface area contributed by atoms with E-state index < -0.39 is 157 Å². The molecular formula is C55H93N13O14. The number of carboxylic acids is 2. The molecule has 27 heteroatoms. The van der Waals surface area contributed by atoms with E-state index in [0.29, 0.717) is 18.4 Å². The zero-order valence-electron chi connectivity index (χ0n) is 49.3. The summed E-state index contributed by atoms with van der Waals surface area (Å²) in [4.78, 5) is 152. The summed E-state index contributed by atoms with van der Waals surface area (Å²) in [7, 11) is 0. The van der Waals surface area contributed by atoms with E-state index in [1.165, 1.54) is 6.92 Å². The van der Waals surface area contributed by atoms with E-state index in [4.69, 9.17) is 17.2 Å². The third kappa shape index (κ3) is 26.4. The molecule has 0 aliphatic rings. The zero-order chi connectivity index (χ0) is 62.6. The standard InChI is InChI=1S/C55H93N13O14/c1-12-31(9)42(56)52(79)65-38(25-29(5)6)48(75)62-36(21-22-41(70)71)47(74)66-40(27-69)51(78)63-37(24-28(3)4)49(76)64-39(26-34-18-15-14-16-19-34)50(77)61-35(20-17-23-59-55(57)58)46(73)60-33(11)45(72)67-43(30(7)8)53(80)68-44(54(81)82)32(10)13-2/h14-16,18-19,28-33,35-40,42-44,69H,12-13,17,20-27,56H2,1-11H3,(H,60,73)(H,61,77)(H,62,75)(H,63,78)(H,64,76)(H,65,79)(H,66,74)(H,67,72)(H,68,80)(H,70,71)(H,81,82)(H4,57,58,59)/t31-,32-,33-,35-,36-,37-,38-,39-,40-,42-,43-,44-/m0/s1. The molecular weight excluding hydrogens is 1070 g/mol. The molecule has 0 heterocycles. The highest BCUT2D eigenvalue weighted by molar-refractivity contribution is 5.98. The number of carbonyl (C=O) groups excluding carboxylic acids is 9. The normalized spacial score (nSPS) is 15.7. The minimum atomic E-state index is -1.77. The van der Waals surface area contributed by atoms with Gasteiger partial charge in [0, 0.05) is 19.4 Å². The molecule has 0 saturated carbocycles. The lowest BCUT2D eigenvalue weighted by molar-refractivity contribution is -0.144. The van der Waals surface area contributed by atoms with Crippen LogP contribution in [0.1, 0.15) is 133 Å². The van der Waals surface area contributed by atoms with Crippen molar-refractivity contribution in [3.05, 3.63) is 35.9 Å². The van der Waals surface area contributed by atoms with Gasteiger partial charge in [0.25, 0.3) is 0 Å². The lowest BCUT2D eigenvalue weighted by Gasteiger charge is -2.29. The van der Waals surface area contributed by atoms with Crippen molar-refractivity contribution in [1.82, 2.24) is 47.9 Å². The molecule has 1 aromatic carbocycles. The van der Waals surface area contributed by atoms with E-state index in [0.717, 1.165) is 0 Å². The van der Waals surface area contributed by atoms with Gasteiger partial charge in [-0.1, -0.05) is 112 Å². The summed E-state index contributed by atoms with van der Waals surface area (Å²) in [5.74, 6) is -12.2. The molecule has 0 bridgehead atoms. The van der Waals surface area contributed by atoms with Gasteiger partial charge in [0.1, 0.15) is 54.4 Å². The van der Waals surface area contributed by atoms with Crippen LogP contribution in [0.15, 0.2) is 35.3 Å². The Kier molecular flexibility index (Phi) is 32.6. The van der Waals surface area contributed by atoms with Crippen molar-refractivity contribution < 1.29 is 68.1 Å². The third-order valence-electron chi connectivity index (χ3n) is 13.6. The maximum absolute atomic E-state index is 14.5. The molecule has 0 aliphatic carbocycles. The second kappa shape index (κ2) is 36.8. The number of carbonyl (C=O) groups is 11. The highest BCUT2D eigenvalue weighted by Gasteiger charge is 2.37. The summed E-state index contributed by atoms with van der Waals surface area (Å²) in [6, 6.07) is -5.02. The van der Waals surface area contributed by atoms with E-state index in [1.54, 1.807) is 92.6 Å². The zero-order valence-corrected chi connectivity index (χ0v) is 49.3. The number of nitrogens with zero attached hydrogens (tertiary/aromatic N) is 1. The van der Waals surface area contributed by atoms with E-state index in [2.05, 4.69) is 52.8 Å². The SMILES string of the molecule is CC[C@H](C)[C@H](N)C(=O)N[C@@H](CC(C)C)C(=O)N[C@@H](CCC(=O)O)C(=O)N[C@@H](CO)C(=O)N[C@@H](CC(C)C)C(=O)N[C@@H](Cc1ccccc1)C(=O)N[C@@H](CCCN=C(N)N)C(=O)N[C@@H](C)C(=O)N[C@H](C(=O)N[C@H](C(=O)O)[C@@H](C)CC)C(C)C. The fourth-order valence-electron chi connectivity index (χ4n) is 8.23. The Balaban J connectivity index is 3.55. The fraction of sp³-hybridized carbons (Fsp3) is 0.673. The van der Waals surface area contributed by atoms with Crippen LogP contribution in [0.3, 0.4) is 0 Å². The molecule has 0 aliphatic heterocycles. The van der Waals surface area contributed by atoms with Crippen molar-refractivity contribution in [2.45, 2.75) is 194 Å². The number of nitrogens with two attached hydrogens (primary N) is 3. The lowest BCUT2D eigenvalue weighted by atomic mass is 9.97. The van der Waals surface area contributed by atoms with E-state index >= 15 is 0 Å². The van der Waals surface area contributed by atoms with Crippen LogP contribution in [0.25, 0.3) is 0 Å². The number of aliphatic hydroxyl groups excluding tert-OH is 1. The van der Waals surface area contributed by atoms with Gasteiger partial charge in [0.15, 0.2) is 5.96 Å². The summed E-state index contributed by atoms with van der Waals surface area (Å²) in [5, 5.41) is 52.6. The smallest absolute Gasteiger partial charge is 0.326 e. The average Bonchev–Trinajstić information content (AvgIpc) is 3.44. The summed E-state index contributed by atoms with van der Waals surface area (Å²) in [6.45, 7) is 17.7. The maximum atomic E-state index is 14.5. The van der Waals surface area contributed by atoms with Gasteiger partial charge in [-0.3, -0.25) is 52.9 Å². The second-order valence-electron chi connectivity index (χ2n) is 22.0. The van der Waals surface area contributed by atoms with E-state index in [-0.39, 0.29) is 62.4 Å². The molecule has 1 aromatic rings. The summed E-state index contributed by atoms with van der Waals surface area (Å²) < 4.78 is 0. The molecule has 0 unspecified atom stereocenters. The van der Waals surface area contributed by atoms with Crippen LogP contribution in [0.4, 0.5) is 0 Å². The first-order chi connectivity index (χ1) is 38.4. The lowest BCUT2D eigenvalue weighted by Crippen LogP contribution is -2.61. The van der Waals surface area contributed by atoms with Crippen LogP contribution in [-0.2, 0) is 59.2 Å². The van der Waals surface area contributed by atoms with Crippen molar-refractivity contribution in [2.24, 2.45) is 51.8 Å². The Morgan fingerprint density at radius 1 is 0.512 bits per heavy atom. The molecule has 82 heavy (non-hydrogen) atoms. The van der Waals surface area contributed by atoms with Crippen molar-refractivity contribution in [2.75, 3.05) is 13.2 Å². The Bertz CT molecular complexity index is 2320. The number of aliphatic imine (C=N–C) groups is 1. The Hall–Kier alpha value is -7.42. The van der Waals surface area contributed by atoms with Crippen molar-refractivity contribution in [1.29, 1.82) is 0 Å². The van der Waals surface area contributed by atoms with Crippen LogP contribution >= 0.6 is 0 Å². The van der Waals surface area contributed by atoms with Crippen LogP contribution < -0.4 is 65.1 Å². The number of carboxylic acid groups (broad SMARTS) is 2. The topological polar surface area (TPSA) is 447 Å². The first-order valence-corrected chi connectivity index (χ1v) is 28.0. The molecule has 0 aromatic heterocycles. The number of rotatable bonds is 38. The number of aliphatic hydroxyl groups is 1. The third-order valence-corrected chi connectivity index (χ3v) is 13.6. The van der Waals surface area contributed by atoms with Crippen LogP contribution in [-0.4, -0.2) is 160 Å². The largest absolute Gasteiger partial charge is 0.481 e. The first-order valence-electron chi connectivity index (χ1n) is 28.0. The number of aliphatic carboxylic acids is 2. The van der Waals surface area contributed by atoms with Crippen molar-refractivity contribution in [3.8, 4) is 0 Å². The van der Waals surface area contributed by atoms with Gasteiger partial charge in [0.05, 0.1) is 12.6 Å². The number of amides is 9. The molecule has 0 radical (unpaired) electrons. The van der Waals surface area contributed by atoms with Crippen molar-refractivity contribution in [3.63, 3.8) is 0 Å². The molecule has 27 nitrogen and oxygen atoms in total. The van der Waals surface area contributed by atoms with Gasteiger partial charge in [-0.15, -0.1) is 0 Å². The highest BCUT2D eigenvalue weighted by Crippen LogP contribution is 2.14.